The van der Waals surface area contributed by atoms with Crippen molar-refractivity contribution in [2.75, 3.05) is 11.9 Å². The molecule has 0 fully saturated rings. The molecule has 0 saturated carbocycles. The lowest BCUT2D eigenvalue weighted by molar-refractivity contribution is -0.135. The molecule has 0 aliphatic heterocycles. The molecule has 1 amide bonds. The summed E-state index contributed by atoms with van der Waals surface area (Å²) in [6.45, 7) is 5.18. The number of alkyl halides is 1. The Morgan fingerprint density at radius 2 is 2.25 bits per heavy atom. The molecule has 1 aliphatic carbocycles. The van der Waals surface area contributed by atoms with Gasteiger partial charge in [0.25, 0.3) is 0 Å². The highest BCUT2D eigenvalue weighted by atomic mass is 79.9. The summed E-state index contributed by atoms with van der Waals surface area (Å²) in [6.07, 6.45) is 5.40. The first-order chi connectivity index (χ1) is 9.72. The third kappa shape index (κ3) is 3.28. The molecule has 112 valence electrons. The molecule has 1 atom stereocenters. The van der Waals surface area contributed by atoms with Gasteiger partial charge in [-0.3, -0.25) is 4.79 Å². The highest BCUT2D eigenvalue weighted by Crippen LogP contribution is 2.36. The van der Waals surface area contributed by atoms with Crippen LogP contribution in [0.4, 0.5) is 0 Å². The fraction of sp³-hybridized carbons (Fsp3) is 0.688. The molecule has 4 heteroatoms. The van der Waals surface area contributed by atoms with Crippen LogP contribution in [0.25, 0.3) is 0 Å². The topological polar surface area (TPSA) is 20.3 Å². The largest absolute Gasteiger partial charge is 0.338 e. The van der Waals surface area contributed by atoms with Crippen LogP contribution in [-0.2, 0) is 11.2 Å². The normalized spacial score (nSPS) is 18.1. The standard InChI is InChI=1S/C16H24BrNOS/c1-3-12(4-2)18(10-9-17)16(19)14-6-5-7-15-13(14)8-11-20-15/h8,11-12,14H,3-7,9-10H2,1-2H3. The molecular weight excluding hydrogens is 334 g/mol. The lowest BCUT2D eigenvalue weighted by Gasteiger charge is -2.34. The van der Waals surface area contributed by atoms with E-state index >= 15 is 0 Å². The van der Waals surface area contributed by atoms with Crippen molar-refractivity contribution in [3.63, 3.8) is 0 Å². The zero-order valence-electron chi connectivity index (χ0n) is 12.4. The quantitative estimate of drug-likeness (QED) is 0.682. The van der Waals surface area contributed by atoms with Crippen LogP contribution in [0.5, 0.6) is 0 Å². The maximum atomic E-state index is 13.0. The summed E-state index contributed by atoms with van der Waals surface area (Å²) >= 11 is 5.31. The molecule has 1 aromatic rings. The average molecular weight is 358 g/mol. The molecule has 1 aromatic heterocycles. The SMILES string of the molecule is CCC(CC)N(CCBr)C(=O)C1CCCc2sccc21. The van der Waals surface area contributed by atoms with E-state index in [1.165, 1.54) is 10.4 Å². The minimum Gasteiger partial charge on any atom is -0.338 e. The van der Waals surface area contributed by atoms with Crippen molar-refractivity contribution in [1.82, 2.24) is 4.90 Å². The predicted molar refractivity (Wildman–Crippen MR) is 89.9 cm³/mol. The summed E-state index contributed by atoms with van der Waals surface area (Å²) in [7, 11) is 0. The fourth-order valence-electron chi connectivity index (χ4n) is 3.24. The third-order valence-electron chi connectivity index (χ3n) is 4.34. The number of amides is 1. The summed E-state index contributed by atoms with van der Waals surface area (Å²) in [4.78, 5) is 16.6. The molecule has 0 N–H and O–H groups in total. The van der Waals surface area contributed by atoms with Crippen LogP contribution >= 0.6 is 27.3 Å². The molecule has 0 aromatic carbocycles. The number of hydrogen-bond acceptors (Lipinski definition) is 2. The molecule has 0 saturated heterocycles. The van der Waals surface area contributed by atoms with Gasteiger partial charge in [-0.25, -0.2) is 0 Å². The van der Waals surface area contributed by atoms with Gasteiger partial charge in [0.05, 0.1) is 5.92 Å². The van der Waals surface area contributed by atoms with Gasteiger partial charge >= 0.3 is 0 Å². The Balaban J connectivity index is 2.20. The molecule has 2 rings (SSSR count). The van der Waals surface area contributed by atoms with Crippen molar-refractivity contribution in [2.24, 2.45) is 0 Å². The summed E-state index contributed by atoms with van der Waals surface area (Å²) in [5, 5.41) is 3.00. The van der Waals surface area contributed by atoms with Gasteiger partial charge in [-0.1, -0.05) is 29.8 Å². The number of aryl methyl sites for hydroxylation is 1. The first kappa shape index (κ1) is 16.0. The van der Waals surface area contributed by atoms with Crippen molar-refractivity contribution >= 4 is 33.2 Å². The van der Waals surface area contributed by atoms with E-state index in [1.54, 1.807) is 0 Å². The van der Waals surface area contributed by atoms with Gasteiger partial charge in [0.1, 0.15) is 0 Å². The maximum Gasteiger partial charge on any atom is 0.230 e. The number of halogens is 1. The van der Waals surface area contributed by atoms with Crippen molar-refractivity contribution in [3.8, 4) is 0 Å². The van der Waals surface area contributed by atoms with E-state index in [1.807, 2.05) is 11.3 Å². The van der Waals surface area contributed by atoms with Gasteiger partial charge in [0.15, 0.2) is 0 Å². The Morgan fingerprint density at radius 3 is 2.90 bits per heavy atom. The van der Waals surface area contributed by atoms with E-state index in [0.29, 0.717) is 11.9 Å². The lowest BCUT2D eigenvalue weighted by Crippen LogP contribution is -2.44. The minimum absolute atomic E-state index is 0.102. The van der Waals surface area contributed by atoms with Gasteiger partial charge in [-0.15, -0.1) is 11.3 Å². The minimum atomic E-state index is 0.102. The number of rotatable bonds is 6. The van der Waals surface area contributed by atoms with Crippen molar-refractivity contribution in [3.05, 3.63) is 21.9 Å². The Labute approximate surface area is 134 Å². The highest BCUT2D eigenvalue weighted by molar-refractivity contribution is 9.09. The van der Waals surface area contributed by atoms with Crippen molar-refractivity contribution < 1.29 is 4.79 Å². The van der Waals surface area contributed by atoms with Crippen LogP contribution in [0.15, 0.2) is 11.4 Å². The zero-order valence-corrected chi connectivity index (χ0v) is 14.8. The second kappa shape index (κ2) is 7.60. The fourth-order valence-corrected chi connectivity index (χ4v) is 4.61. The number of nitrogens with zero attached hydrogens (tertiary/aromatic N) is 1. The van der Waals surface area contributed by atoms with E-state index in [-0.39, 0.29) is 5.92 Å². The summed E-state index contributed by atoms with van der Waals surface area (Å²) < 4.78 is 0. The smallest absolute Gasteiger partial charge is 0.230 e. The molecule has 1 aliphatic rings. The van der Waals surface area contributed by atoms with E-state index in [4.69, 9.17) is 0 Å². The van der Waals surface area contributed by atoms with Gasteiger partial charge in [0.2, 0.25) is 5.91 Å². The second-order valence-corrected chi connectivity index (χ2v) is 7.23. The maximum absolute atomic E-state index is 13.0. The number of carbonyl (C=O) groups is 1. The van der Waals surface area contributed by atoms with Crippen LogP contribution in [0.1, 0.15) is 55.9 Å². The number of hydrogen-bond donors (Lipinski definition) is 0. The van der Waals surface area contributed by atoms with E-state index in [0.717, 1.165) is 44.0 Å². The lowest BCUT2D eigenvalue weighted by atomic mass is 9.86. The average Bonchev–Trinajstić information content (AvgIpc) is 2.95. The van der Waals surface area contributed by atoms with E-state index in [9.17, 15) is 4.79 Å². The number of carbonyl (C=O) groups excluding carboxylic acids is 1. The van der Waals surface area contributed by atoms with E-state index < -0.39 is 0 Å². The predicted octanol–water partition coefficient (Wildman–Crippen LogP) is 4.58. The summed E-state index contributed by atoms with van der Waals surface area (Å²) in [6, 6.07) is 2.55. The van der Waals surface area contributed by atoms with Gasteiger partial charge in [-0.2, -0.15) is 0 Å². The van der Waals surface area contributed by atoms with Gasteiger partial charge < -0.3 is 4.90 Å². The monoisotopic (exact) mass is 357 g/mol. The Bertz CT molecular complexity index is 441. The Morgan fingerprint density at radius 1 is 1.50 bits per heavy atom. The molecule has 2 nitrogen and oxygen atoms in total. The molecule has 0 spiro atoms. The number of fused-ring (bicyclic) bond motifs is 1. The summed E-state index contributed by atoms with van der Waals surface area (Å²) in [5.74, 6) is 0.446. The van der Waals surface area contributed by atoms with Crippen LogP contribution in [0.2, 0.25) is 0 Å². The molecule has 0 radical (unpaired) electrons. The van der Waals surface area contributed by atoms with Crippen molar-refractivity contribution in [2.45, 2.75) is 57.9 Å². The molecule has 1 unspecified atom stereocenters. The number of thiophene rings is 1. The first-order valence-electron chi connectivity index (χ1n) is 7.65. The van der Waals surface area contributed by atoms with Crippen LogP contribution in [-0.4, -0.2) is 28.7 Å². The van der Waals surface area contributed by atoms with Gasteiger partial charge in [0, 0.05) is 22.8 Å². The third-order valence-corrected chi connectivity index (χ3v) is 5.69. The second-order valence-electron chi connectivity index (χ2n) is 5.43. The van der Waals surface area contributed by atoms with Crippen LogP contribution < -0.4 is 0 Å². The molecular formula is C16H24BrNOS. The van der Waals surface area contributed by atoms with Crippen LogP contribution in [0, 0.1) is 0 Å². The Hall–Kier alpha value is -0.350. The van der Waals surface area contributed by atoms with E-state index in [2.05, 4.69) is 46.1 Å². The van der Waals surface area contributed by atoms with Crippen LogP contribution in [0.3, 0.4) is 0 Å². The molecule has 0 bridgehead atoms. The Kier molecular flexibility index (Phi) is 6.09. The molecule has 20 heavy (non-hydrogen) atoms. The highest BCUT2D eigenvalue weighted by Gasteiger charge is 2.32. The first-order valence-corrected chi connectivity index (χ1v) is 9.65. The zero-order chi connectivity index (χ0) is 14.5. The summed E-state index contributed by atoms with van der Waals surface area (Å²) in [5.41, 5.74) is 1.30. The van der Waals surface area contributed by atoms with Crippen molar-refractivity contribution in [1.29, 1.82) is 0 Å². The van der Waals surface area contributed by atoms with Gasteiger partial charge in [-0.05, 0) is 49.1 Å². The molecule has 1 heterocycles.